The second-order valence-corrected chi connectivity index (χ2v) is 13.3. The molecular formula is C33H51N3O6S. The van der Waals surface area contributed by atoms with Crippen LogP contribution >= 0.6 is 0 Å². The van der Waals surface area contributed by atoms with Crippen LogP contribution in [0.2, 0.25) is 0 Å². The number of nitrogens with one attached hydrogen (secondary N) is 2. The molecule has 0 spiro atoms. The molecule has 3 rings (SSSR count). The van der Waals surface area contributed by atoms with Crippen LogP contribution in [0.3, 0.4) is 0 Å². The van der Waals surface area contributed by atoms with Gasteiger partial charge in [0.2, 0.25) is 10.0 Å². The van der Waals surface area contributed by atoms with Gasteiger partial charge in [-0.15, -0.1) is 0 Å². The van der Waals surface area contributed by atoms with Gasteiger partial charge in [-0.3, -0.25) is 9.52 Å². The molecule has 1 heterocycles. The van der Waals surface area contributed by atoms with Crippen molar-refractivity contribution in [2.24, 2.45) is 0 Å². The van der Waals surface area contributed by atoms with Crippen LogP contribution in [-0.2, 0) is 21.2 Å². The topological polar surface area (TPSA) is 128 Å². The van der Waals surface area contributed by atoms with E-state index in [1.54, 1.807) is 6.07 Å². The first kappa shape index (κ1) is 34.8. The molecule has 10 heteroatoms. The summed E-state index contributed by atoms with van der Waals surface area (Å²) in [6.45, 7) is 6.98. The molecule has 0 saturated carbocycles. The number of aliphatic hydroxyl groups is 1. The van der Waals surface area contributed by atoms with Crippen molar-refractivity contribution in [2.75, 3.05) is 37.3 Å². The smallest absolute Gasteiger partial charge is 0.253 e. The van der Waals surface area contributed by atoms with E-state index in [9.17, 15) is 23.4 Å². The Labute approximate surface area is 258 Å². The molecular weight excluding hydrogens is 566 g/mol. The Hall–Kier alpha value is -2.66. The Morgan fingerprint density at radius 1 is 1.02 bits per heavy atom. The third-order valence-corrected chi connectivity index (χ3v) is 8.74. The maximum absolute atomic E-state index is 12.4. The van der Waals surface area contributed by atoms with Crippen LogP contribution in [-0.4, -0.2) is 74.1 Å². The van der Waals surface area contributed by atoms with Gasteiger partial charge >= 0.3 is 0 Å². The van der Waals surface area contributed by atoms with Crippen molar-refractivity contribution in [3.05, 3.63) is 59.2 Å². The molecule has 1 fully saturated rings. The molecule has 43 heavy (non-hydrogen) atoms. The molecule has 1 aliphatic heterocycles. The van der Waals surface area contributed by atoms with Crippen molar-refractivity contribution in [1.29, 1.82) is 0 Å². The molecule has 0 aromatic heterocycles. The monoisotopic (exact) mass is 617 g/mol. The van der Waals surface area contributed by atoms with Gasteiger partial charge in [-0.05, 0) is 94.2 Å². The molecule has 1 aliphatic rings. The SMILES string of the molecule is CCN(CC)C(=O)c1ccc(CCCCOCCCCCC2CCCC(C(O)c3ccc(O)c(NS(C)(=O)=O)c3)N2)cc1. The number of hydrogen-bond donors (Lipinski definition) is 4. The largest absolute Gasteiger partial charge is 0.506 e. The van der Waals surface area contributed by atoms with E-state index >= 15 is 0 Å². The molecule has 0 bridgehead atoms. The average molecular weight is 618 g/mol. The zero-order valence-corrected chi connectivity index (χ0v) is 26.9. The second kappa shape index (κ2) is 17.6. The van der Waals surface area contributed by atoms with Gasteiger partial charge in [-0.1, -0.05) is 37.5 Å². The molecule has 3 atom stereocenters. The van der Waals surface area contributed by atoms with Gasteiger partial charge < -0.3 is 25.2 Å². The first-order chi connectivity index (χ1) is 20.6. The minimum absolute atomic E-state index is 0.0727. The van der Waals surface area contributed by atoms with Gasteiger partial charge in [0.05, 0.1) is 18.0 Å². The highest BCUT2D eigenvalue weighted by Gasteiger charge is 2.28. The van der Waals surface area contributed by atoms with Gasteiger partial charge in [-0.25, -0.2) is 8.42 Å². The van der Waals surface area contributed by atoms with E-state index in [1.807, 2.05) is 30.9 Å². The zero-order valence-electron chi connectivity index (χ0n) is 26.1. The van der Waals surface area contributed by atoms with Crippen molar-refractivity contribution in [3.8, 4) is 5.75 Å². The Bertz CT molecular complexity index is 1230. The van der Waals surface area contributed by atoms with Crippen molar-refractivity contribution in [1.82, 2.24) is 10.2 Å². The zero-order chi connectivity index (χ0) is 31.2. The number of aliphatic hydroxyl groups excluding tert-OH is 1. The van der Waals surface area contributed by atoms with Crippen LogP contribution in [0.15, 0.2) is 42.5 Å². The molecule has 240 valence electrons. The number of aryl methyl sites for hydroxylation is 1. The summed E-state index contributed by atoms with van der Waals surface area (Å²) in [5.74, 6) is -0.0818. The van der Waals surface area contributed by atoms with E-state index < -0.39 is 16.1 Å². The van der Waals surface area contributed by atoms with Crippen LogP contribution in [0.5, 0.6) is 5.75 Å². The van der Waals surface area contributed by atoms with E-state index in [1.165, 1.54) is 17.7 Å². The first-order valence-corrected chi connectivity index (χ1v) is 17.7. The van der Waals surface area contributed by atoms with Gasteiger partial charge in [0, 0.05) is 44.0 Å². The number of amides is 1. The molecule has 9 nitrogen and oxygen atoms in total. The summed E-state index contributed by atoms with van der Waals surface area (Å²) in [7, 11) is -3.54. The minimum Gasteiger partial charge on any atom is -0.506 e. The fourth-order valence-electron chi connectivity index (χ4n) is 5.70. The van der Waals surface area contributed by atoms with Crippen LogP contribution in [0, 0.1) is 0 Å². The van der Waals surface area contributed by atoms with Crippen molar-refractivity contribution >= 4 is 21.6 Å². The van der Waals surface area contributed by atoms with E-state index in [0.717, 1.165) is 102 Å². The number of anilines is 1. The number of hydrogen-bond acceptors (Lipinski definition) is 7. The Balaban J connectivity index is 1.26. The van der Waals surface area contributed by atoms with E-state index in [0.29, 0.717) is 11.6 Å². The maximum Gasteiger partial charge on any atom is 0.253 e. The number of piperidine rings is 1. The van der Waals surface area contributed by atoms with Crippen LogP contribution in [0.1, 0.15) is 99.2 Å². The fourth-order valence-corrected chi connectivity index (χ4v) is 6.26. The summed E-state index contributed by atoms with van der Waals surface area (Å²) in [5.41, 5.74) is 2.64. The molecule has 3 unspecified atom stereocenters. The van der Waals surface area contributed by atoms with Crippen molar-refractivity contribution < 1.29 is 28.2 Å². The molecule has 2 aromatic carbocycles. The number of phenols is 1. The third-order valence-electron chi connectivity index (χ3n) is 8.15. The number of sulfonamides is 1. The lowest BCUT2D eigenvalue weighted by molar-refractivity contribution is 0.0773. The maximum atomic E-state index is 12.4. The summed E-state index contributed by atoms with van der Waals surface area (Å²) in [6, 6.07) is 12.7. The number of nitrogens with zero attached hydrogens (tertiary/aromatic N) is 1. The quantitative estimate of drug-likeness (QED) is 0.130. The lowest BCUT2D eigenvalue weighted by atomic mass is 9.89. The van der Waals surface area contributed by atoms with Crippen LogP contribution in [0.4, 0.5) is 5.69 Å². The standard InChI is InChI=1S/C33H51N3O6S/c1-4-36(5-2)33(39)26-18-16-25(17-19-26)12-8-10-23-42-22-9-6-7-13-28-14-11-15-29(34-28)32(38)27-20-21-31(37)30(24-27)35-43(3,40)41/h16-21,24,28-29,32,34-35,37-38H,4-15,22-23H2,1-3H3. The Morgan fingerprint density at radius 3 is 2.40 bits per heavy atom. The number of unbranched alkanes of at least 4 members (excludes halogenated alkanes) is 3. The molecule has 1 saturated heterocycles. The number of carbonyl (C=O) groups excluding carboxylic acids is 1. The molecule has 4 N–H and O–H groups in total. The van der Waals surface area contributed by atoms with E-state index in [2.05, 4.69) is 22.2 Å². The minimum atomic E-state index is -3.54. The number of rotatable bonds is 18. The van der Waals surface area contributed by atoms with Gasteiger partial charge in [0.25, 0.3) is 5.91 Å². The molecule has 0 radical (unpaired) electrons. The lowest BCUT2D eigenvalue weighted by Gasteiger charge is -2.34. The highest BCUT2D eigenvalue weighted by molar-refractivity contribution is 7.92. The number of ether oxygens (including phenoxy) is 1. The Kier molecular flexibility index (Phi) is 14.2. The van der Waals surface area contributed by atoms with E-state index in [4.69, 9.17) is 4.74 Å². The number of phenolic OH excluding ortho intramolecular Hbond substituents is 1. The average Bonchev–Trinajstić information content (AvgIpc) is 2.99. The second-order valence-electron chi connectivity index (χ2n) is 11.6. The molecule has 1 amide bonds. The Morgan fingerprint density at radius 2 is 1.72 bits per heavy atom. The summed E-state index contributed by atoms with van der Waals surface area (Å²) < 4.78 is 31.3. The normalized spacial score (nSPS) is 17.9. The number of benzene rings is 2. The van der Waals surface area contributed by atoms with Gasteiger partial charge in [0.15, 0.2) is 0 Å². The van der Waals surface area contributed by atoms with Crippen LogP contribution in [0.25, 0.3) is 0 Å². The van der Waals surface area contributed by atoms with Crippen LogP contribution < -0.4 is 10.0 Å². The fraction of sp³-hybridized carbons (Fsp3) is 0.606. The molecule has 2 aromatic rings. The predicted molar refractivity (Wildman–Crippen MR) is 172 cm³/mol. The summed E-state index contributed by atoms with van der Waals surface area (Å²) in [6.07, 6.45) is 10.5. The first-order valence-electron chi connectivity index (χ1n) is 15.8. The summed E-state index contributed by atoms with van der Waals surface area (Å²) in [4.78, 5) is 14.3. The number of aromatic hydroxyl groups is 1. The summed E-state index contributed by atoms with van der Waals surface area (Å²) >= 11 is 0. The highest BCUT2D eigenvalue weighted by Crippen LogP contribution is 2.32. The summed E-state index contributed by atoms with van der Waals surface area (Å²) in [5, 5.41) is 24.6. The highest BCUT2D eigenvalue weighted by atomic mass is 32.2. The van der Waals surface area contributed by atoms with Gasteiger partial charge in [0.1, 0.15) is 5.75 Å². The van der Waals surface area contributed by atoms with Crippen molar-refractivity contribution in [2.45, 2.75) is 96.2 Å². The third kappa shape index (κ3) is 11.7. The van der Waals surface area contributed by atoms with Gasteiger partial charge in [-0.2, -0.15) is 0 Å². The van der Waals surface area contributed by atoms with E-state index in [-0.39, 0.29) is 23.4 Å². The molecule has 0 aliphatic carbocycles. The van der Waals surface area contributed by atoms with Crippen molar-refractivity contribution in [3.63, 3.8) is 0 Å². The predicted octanol–water partition coefficient (Wildman–Crippen LogP) is 5.39. The number of carbonyl (C=O) groups is 1. The lowest BCUT2D eigenvalue weighted by Crippen LogP contribution is -2.45.